The molecule has 0 saturated carbocycles. The number of anilines is 1. The quantitative estimate of drug-likeness (QED) is 0.764. The molecule has 1 aliphatic rings. The van der Waals surface area contributed by atoms with Crippen LogP contribution in [-0.4, -0.2) is 17.4 Å². The van der Waals surface area contributed by atoms with Crippen LogP contribution in [0.25, 0.3) is 10.8 Å². The molecular formula is C14H11N3O. The van der Waals surface area contributed by atoms with Crippen molar-refractivity contribution in [1.29, 1.82) is 5.26 Å². The molecule has 0 radical (unpaired) electrons. The lowest BCUT2D eigenvalue weighted by atomic mass is 10.1. The molecule has 3 rings (SSSR count). The lowest BCUT2D eigenvalue weighted by Crippen LogP contribution is -2.23. The average Bonchev–Trinajstić information content (AvgIpc) is 2.83. The molecule has 1 saturated heterocycles. The summed E-state index contributed by atoms with van der Waals surface area (Å²) in [6.07, 6.45) is 3.16. The van der Waals surface area contributed by atoms with Crippen LogP contribution in [0.15, 0.2) is 30.5 Å². The van der Waals surface area contributed by atoms with E-state index in [1.54, 1.807) is 11.1 Å². The van der Waals surface area contributed by atoms with Crippen molar-refractivity contribution in [2.45, 2.75) is 12.8 Å². The fourth-order valence-corrected chi connectivity index (χ4v) is 2.34. The maximum atomic E-state index is 11.7. The molecule has 0 atom stereocenters. The number of pyridine rings is 1. The Balaban J connectivity index is 2.12. The minimum Gasteiger partial charge on any atom is -0.312 e. The molecule has 2 heterocycles. The van der Waals surface area contributed by atoms with Gasteiger partial charge in [-0.25, -0.2) is 4.98 Å². The summed E-state index contributed by atoms with van der Waals surface area (Å²) >= 11 is 0. The summed E-state index contributed by atoms with van der Waals surface area (Å²) in [5, 5.41) is 10.8. The van der Waals surface area contributed by atoms with Crippen molar-refractivity contribution in [3.8, 4) is 6.07 Å². The van der Waals surface area contributed by atoms with E-state index in [0.717, 1.165) is 29.4 Å². The number of amides is 1. The minimum absolute atomic E-state index is 0.170. The number of rotatable bonds is 1. The normalized spacial score (nSPS) is 15.1. The molecule has 0 spiro atoms. The van der Waals surface area contributed by atoms with Crippen LogP contribution in [0, 0.1) is 11.3 Å². The van der Waals surface area contributed by atoms with Crippen LogP contribution in [-0.2, 0) is 4.79 Å². The number of carbonyl (C=O) groups excluding carboxylic acids is 1. The zero-order chi connectivity index (χ0) is 12.5. The monoisotopic (exact) mass is 237 g/mol. The van der Waals surface area contributed by atoms with E-state index < -0.39 is 0 Å². The molecule has 0 aliphatic carbocycles. The van der Waals surface area contributed by atoms with Gasteiger partial charge in [0.1, 0.15) is 11.8 Å². The van der Waals surface area contributed by atoms with Crippen molar-refractivity contribution in [1.82, 2.24) is 4.98 Å². The first kappa shape index (κ1) is 10.7. The van der Waals surface area contributed by atoms with E-state index in [2.05, 4.69) is 11.1 Å². The van der Waals surface area contributed by atoms with Gasteiger partial charge in [0.05, 0.1) is 0 Å². The predicted octanol–water partition coefficient (Wildman–Crippen LogP) is 2.23. The Morgan fingerprint density at radius 2 is 2.22 bits per heavy atom. The third-order valence-corrected chi connectivity index (χ3v) is 3.24. The molecule has 1 aromatic carbocycles. The van der Waals surface area contributed by atoms with Crippen LogP contribution in [0.2, 0.25) is 0 Å². The molecule has 18 heavy (non-hydrogen) atoms. The third-order valence-electron chi connectivity index (χ3n) is 3.24. The second-order valence-corrected chi connectivity index (χ2v) is 4.33. The maximum absolute atomic E-state index is 11.7. The number of aromatic nitrogens is 1. The Morgan fingerprint density at radius 3 is 2.94 bits per heavy atom. The molecule has 88 valence electrons. The Hall–Kier alpha value is -2.41. The highest BCUT2D eigenvalue weighted by atomic mass is 16.2. The molecule has 2 aromatic rings. The highest BCUT2D eigenvalue weighted by Crippen LogP contribution is 2.26. The van der Waals surface area contributed by atoms with Crippen molar-refractivity contribution < 1.29 is 4.79 Å². The Morgan fingerprint density at radius 1 is 1.33 bits per heavy atom. The summed E-state index contributed by atoms with van der Waals surface area (Å²) in [4.78, 5) is 17.5. The largest absolute Gasteiger partial charge is 0.312 e. The molecule has 1 aliphatic heterocycles. The molecule has 0 N–H and O–H groups in total. The summed E-state index contributed by atoms with van der Waals surface area (Å²) < 4.78 is 0. The van der Waals surface area contributed by atoms with E-state index >= 15 is 0 Å². The summed E-state index contributed by atoms with van der Waals surface area (Å²) in [5.41, 5.74) is 1.33. The number of hydrogen-bond donors (Lipinski definition) is 0. The average molecular weight is 237 g/mol. The van der Waals surface area contributed by atoms with Gasteiger partial charge in [0.25, 0.3) is 0 Å². The molecule has 0 unspecified atom stereocenters. The van der Waals surface area contributed by atoms with E-state index in [9.17, 15) is 4.79 Å². The van der Waals surface area contributed by atoms with Crippen molar-refractivity contribution in [2.24, 2.45) is 0 Å². The first-order valence-electron chi connectivity index (χ1n) is 5.89. The fraction of sp³-hybridized carbons (Fsp3) is 0.214. The highest BCUT2D eigenvalue weighted by molar-refractivity contribution is 5.98. The van der Waals surface area contributed by atoms with Crippen LogP contribution >= 0.6 is 0 Å². The van der Waals surface area contributed by atoms with Crippen molar-refractivity contribution in [3.05, 3.63) is 36.2 Å². The van der Waals surface area contributed by atoms with Crippen LogP contribution in [0.1, 0.15) is 18.5 Å². The van der Waals surface area contributed by atoms with Crippen LogP contribution in [0.4, 0.5) is 5.69 Å². The molecule has 4 nitrogen and oxygen atoms in total. The standard InChI is InChI=1S/C14H11N3O/c15-9-13-12-4-3-11(8-10(12)5-6-16-13)17-7-1-2-14(17)18/h3-6,8H,1-2,7H2. The summed E-state index contributed by atoms with van der Waals surface area (Å²) in [5.74, 6) is 0.170. The maximum Gasteiger partial charge on any atom is 0.227 e. The topological polar surface area (TPSA) is 57.0 Å². The second-order valence-electron chi connectivity index (χ2n) is 4.33. The number of nitriles is 1. The van der Waals surface area contributed by atoms with E-state index in [4.69, 9.17) is 5.26 Å². The second kappa shape index (κ2) is 4.11. The molecule has 1 amide bonds. The first-order chi connectivity index (χ1) is 8.79. The van der Waals surface area contributed by atoms with Gasteiger partial charge < -0.3 is 4.90 Å². The van der Waals surface area contributed by atoms with Gasteiger partial charge >= 0.3 is 0 Å². The summed E-state index contributed by atoms with van der Waals surface area (Å²) in [6, 6.07) is 9.63. The lowest BCUT2D eigenvalue weighted by Gasteiger charge is -2.16. The number of benzene rings is 1. The molecule has 0 bridgehead atoms. The fourth-order valence-electron chi connectivity index (χ4n) is 2.34. The van der Waals surface area contributed by atoms with Crippen LogP contribution in [0.3, 0.4) is 0 Å². The molecular weight excluding hydrogens is 226 g/mol. The Labute approximate surface area is 104 Å². The third kappa shape index (κ3) is 1.61. The van der Waals surface area contributed by atoms with Crippen LogP contribution in [0.5, 0.6) is 0 Å². The Kier molecular flexibility index (Phi) is 2.45. The van der Waals surface area contributed by atoms with Gasteiger partial charge in [-0.1, -0.05) is 0 Å². The van der Waals surface area contributed by atoms with Crippen LogP contribution < -0.4 is 4.90 Å². The van der Waals surface area contributed by atoms with E-state index in [-0.39, 0.29) is 5.91 Å². The van der Waals surface area contributed by atoms with Gasteiger partial charge in [0.15, 0.2) is 0 Å². The molecule has 1 aromatic heterocycles. The van der Waals surface area contributed by atoms with Crippen molar-refractivity contribution >= 4 is 22.4 Å². The smallest absolute Gasteiger partial charge is 0.227 e. The lowest BCUT2D eigenvalue weighted by molar-refractivity contribution is -0.117. The van der Waals surface area contributed by atoms with E-state index in [0.29, 0.717) is 12.1 Å². The van der Waals surface area contributed by atoms with Gasteiger partial charge in [-0.3, -0.25) is 4.79 Å². The zero-order valence-corrected chi connectivity index (χ0v) is 9.76. The first-order valence-corrected chi connectivity index (χ1v) is 5.89. The Bertz CT molecular complexity index is 672. The summed E-state index contributed by atoms with van der Waals surface area (Å²) in [7, 11) is 0. The van der Waals surface area contributed by atoms with E-state index in [1.807, 2.05) is 24.3 Å². The van der Waals surface area contributed by atoms with Gasteiger partial charge in [-0.15, -0.1) is 0 Å². The van der Waals surface area contributed by atoms with Crippen molar-refractivity contribution in [3.63, 3.8) is 0 Å². The van der Waals surface area contributed by atoms with Gasteiger partial charge in [0.2, 0.25) is 5.91 Å². The van der Waals surface area contributed by atoms with Crippen molar-refractivity contribution in [2.75, 3.05) is 11.4 Å². The SMILES string of the molecule is N#Cc1nccc2cc(N3CCCC3=O)ccc12. The number of fused-ring (bicyclic) bond motifs is 1. The van der Waals surface area contributed by atoms with Gasteiger partial charge in [-0.2, -0.15) is 5.26 Å². The van der Waals surface area contributed by atoms with Gasteiger partial charge in [-0.05, 0) is 36.1 Å². The number of nitrogens with zero attached hydrogens (tertiary/aromatic N) is 3. The minimum atomic E-state index is 0.170. The highest BCUT2D eigenvalue weighted by Gasteiger charge is 2.21. The molecule has 1 fully saturated rings. The molecule has 4 heteroatoms. The zero-order valence-electron chi connectivity index (χ0n) is 9.76. The predicted molar refractivity (Wildman–Crippen MR) is 68.0 cm³/mol. The summed E-state index contributed by atoms with van der Waals surface area (Å²) in [6.45, 7) is 0.778. The number of hydrogen-bond acceptors (Lipinski definition) is 3. The number of carbonyl (C=O) groups is 1. The van der Waals surface area contributed by atoms with E-state index in [1.165, 1.54) is 0 Å². The van der Waals surface area contributed by atoms with Gasteiger partial charge in [0, 0.05) is 30.2 Å².